The molecule has 2 aromatic rings. The number of thioether (sulfide) groups is 1. The van der Waals surface area contributed by atoms with Crippen molar-refractivity contribution in [3.05, 3.63) is 70.8 Å². The number of hydrogen-bond donors (Lipinski definition) is 0. The first kappa shape index (κ1) is 15.7. The lowest BCUT2D eigenvalue weighted by atomic mass is 9.87. The number of rotatable bonds is 4. The Balaban J connectivity index is 1.87. The van der Waals surface area contributed by atoms with Gasteiger partial charge in [0.2, 0.25) is 0 Å². The summed E-state index contributed by atoms with van der Waals surface area (Å²) in [4.78, 5) is 0. The van der Waals surface area contributed by atoms with Crippen LogP contribution in [0.3, 0.4) is 0 Å². The predicted molar refractivity (Wildman–Crippen MR) is 91.3 cm³/mol. The molecule has 1 nitrogen and oxygen atoms in total. The van der Waals surface area contributed by atoms with Crippen molar-refractivity contribution in [3.63, 3.8) is 0 Å². The zero-order valence-corrected chi connectivity index (χ0v) is 13.7. The van der Waals surface area contributed by atoms with Crippen LogP contribution in [0.25, 0.3) is 0 Å². The molecule has 0 heterocycles. The van der Waals surface area contributed by atoms with Crippen molar-refractivity contribution >= 4 is 11.8 Å². The van der Waals surface area contributed by atoms with Crippen molar-refractivity contribution in [1.82, 2.24) is 0 Å². The second-order valence-corrected chi connectivity index (χ2v) is 7.23. The molecule has 0 radical (unpaired) electrons. The van der Waals surface area contributed by atoms with Crippen LogP contribution in [0.2, 0.25) is 0 Å². The number of benzene rings is 2. The van der Waals surface area contributed by atoms with Crippen LogP contribution in [0.4, 0.5) is 0 Å². The number of hydrogen-bond acceptors (Lipinski definition) is 2. The van der Waals surface area contributed by atoms with Crippen molar-refractivity contribution in [3.8, 4) is 6.07 Å². The molecule has 2 aromatic carbocycles. The summed E-state index contributed by atoms with van der Waals surface area (Å²) < 4.78 is 0. The fraction of sp³-hybridized carbons (Fsp3) is 0.316. The molecule has 0 aromatic heterocycles. The molecule has 2 rings (SSSR count). The first-order valence-corrected chi connectivity index (χ1v) is 8.31. The van der Waals surface area contributed by atoms with E-state index in [1.807, 2.05) is 36.0 Å². The lowest BCUT2D eigenvalue weighted by Crippen LogP contribution is -2.10. The van der Waals surface area contributed by atoms with Gasteiger partial charge in [-0.25, -0.2) is 0 Å². The van der Waals surface area contributed by atoms with Crippen LogP contribution in [-0.4, -0.2) is 0 Å². The molecule has 0 spiro atoms. The maximum atomic E-state index is 8.78. The lowest BCUT2D eigenvalue weighted by Gasteiger charge is -2.19. The minimum Gasteiger partial charge on any atom is -0.192 e. The highest BCUT2D eigenvalue weighted by atomic mass is 32.2. The van der Waals surface area contributed by atoms with Gasteiger partial charge >= 0.3 is 0 Å². The maximum absolute atomic E-state index is 8.78. The Morgan fingerprint density at radius 1 is 0.857 bits per heavy atom. The van der Waals surface area contributed by atoms with E-state index in [1.165, 1.54) is 16.7 Å². The van der Waals surface area contributed by atoms with Gasteiger partial charge in [0.05, 0.1) is 11.6 Å². The minimum atomic E-state index is 0.216. The zero-order chi connectivity index (χ0) is 15.3. The van der Waals surface area contributed by atoms with E-state index in [0.717, 1.165) is 17.1 Å². The summed E-state index contributed by atoms with van der Waals surface area (Å²) in [5.41, 5.74) is 4.95. The average Bonchev–Trinajstić information content (AvgIpc) is 2.47. The molecule has 0 saturated heterocycles. The number of nitriles is 1. The molecular weight excluding hydrogens is 274 g/mol. The highest BCUT2D eigenvalue weighted by molar-refractivity contribution is 7.97. The second-order valence-electron chi connectivity index (χ2n) is 6.25. The molecule has 0 aliphatic heterocycles. The third-order valence-electron chi connectivity index (χ3n) is 3.44. The summed E-state index contributed by atoms with van der Waals surface area (Å²) in [6.07, 6.45) is 0. The van der Waals surface area contributed by atoms with Crippen LogP contribution in [-0.2, 0) is 16.9 Å². The van der Waals surface area contributed by atoms with Gasteiger partial charge in [0.15, 0.2) is 0 Å². The van der Waals surface area contributed by atoms with Crippen LogP contribution in [0.5, 0.6) is 0 Å². The monoisotopic (exact) mass is 295 g/mol. The van der Waals surface area contributed by atoms with Gasteiger partial charge in [-0.2, -0.15) is 17.0 Å². The Bertz CT molecular complexity index is 613. The van der Waals surface area contributed by atoms with Crippen LogP contribution >= 0.6 is 11.8 Å². The largest absolute Gasteiger partial charge is 0.192 e. The highest BCUT2D eigenvalue weighted by Crippen LogP contribution is 2.24. The summed E-state index contributed by atoms with van der Waals surface area (Å²) in [6, 6.07) is 18.9. The van der Waals surface area contributed by atoms with E-state index in [-0.39, 0.29) is 5.41 Å². The zero-order valence-electron chi connectivity index (χ0n) is 12.9. The molecule has 0 fully saturated rings. The molecule has 0 atom stereocenters. The van der Waals surface area contributed by atoms with E-state index in [1.54, 1.807) is 0 Å². The third-order valence-corrected chi connectivity index (χ3v) is 4.52. The molecule has 0 aliphatic carbocycles. The first-order valence-electron chi connectivity index (χ1n) is 7.15. The van der Waals surface area contributed by atoms with Crippen molar-refractivity contribution in [1.29, 1.82) is 5.26 Å². The van der Waals surface area contributed by atoms with Gasteiger partial charge in [-0.15, -0.1) is 0 Å². The average molecular weight is 295 g/mol. The van der Waals surface area contributed by atoms with Crippen LogP contribution < -0.4 is 0 Å². The van der Waals surface area contributed by atoms with E-state index in [0.29, 0.717) is 0 Å². The van der Waals surface area contributed by atoms with E-state index >= 15 is 0 Å². The van der Waals surface area contributed by atoms with Gasteiger partial charge in [0.1, 0.15) is 0 Å². The summed E-state index contributed by atoms with van der Waals surface area (Å²) in [5.74, 6) is 2.00. The Morgan fingerprint density at radius 3 is 1.76 bits per heavy atom. The molecular formula is C19H21NS. The fourth-order valence-electron chi connectivity index (χ4n) is 2.06. The Hall–Kier alpha value is -1.72. The van der Waals surface area contributed by atoms with Gasteiger partial charge in [-0.3, -0.25) is 0 Å². The Morgan fingerprint density at radius 2 is 1.33 bits per heavy atom. The summed E-state index contributed by atoms with van der Waals surface area (Å²) in [7, 11) is 0. The van der Waals surface area contributed by atoms with Gasteiger partial charge in [-0.05, 0) is 34.2 Å². The Labute approximate surface area is 132 Å². The van der Waals surface area contributed by atoms with E-state index in [4.69, 9.17) is 5.26 Å². The van der Waals surface area contributed by atoms with Crippen molar-refractivity contribution in [2.75, 3.05) is 0 Å². The summed E-state index contributed by atoms with van der Waals surface area (Å²) in [6.45, 7) is 6.71. The van der Waals surface area contributed by atoms with Gasteiger partial charge < -0.3 is 0 Å². The van der Waals surface area contributed by atoms with Gasteiger partial charge in [-0.1, -0.05) is 57.2 Å². The molecule has 2 heteroatoms. The molecule has 0 bridgehead atoms. The van der Waals surface area contributed by atoms with Crippen molar-refractivity contribution < 1.29 is 0 Å². The topological polar surface area (TPSA) is 23.8 Å². The fourth-order valence-corrected chi connectivity index (χ4v) is 3.02. The van der Waals surface area contributed by atoms with E-state index in [2.05, 4.69) is 51.1 Å². The summed E-state index contributed by atoms with van der Waals surface area (Å²) in [5, 5.41) is 8.78. The molecule has 0 aliphatic rings. The van der Waals surface area contributed by atoms with Crippen molar-refractivity contribution in [2.45, 2.75) is 37.7 Å². The molecule has 0 amide bonds. The lowest BCUT2D eigenvalue weighted by molar-refractivity contribution is 0.590. The summed E-state index contributed by atoms with van der Waals surface area (Å²) >= 11 is 1.90. The SMILES string of the molecule is CC(C)(C)c1ccc(CSCc2ccc(C#N)cc2)cc1. The quantitative estimate of drug-likeness (QED) is 0.765. The van der Waals surface area contributed by atoms with Gasteiger partial charge in [0, 0.05) is 11.5 Å². The molecule has 108 valence electrons. The van der Waals surface area contributed by atoms with Crippen LogP contribution in [0.15, 0.2) is 48.5 Å². The number of nitrogens with zero attached hydrogens (tertiary/aromatic N) is 1. The predicted octanol–water partition coefficient (Wildman–Crippen LogP) is 5.29. The maximum Gasteiger partial charge on any atom is 0.0991 e. The van der Waals surface area contributed by atoms with Crippen LogP contribution in [0, 0.1) is 11.3 Å². The first-order chi connectivity index (χ1) is 9.99. The van der Waals surface area contributed by atoms with Crippen molar-refractivity contribution in [2.24, 2.45) is 0 Å². The van der Waals surface area contributed by atoms with E-state index < -0.39 is 0 Å². The molecule has 0 unspecified atom stereocenters. The second kappa shape index (κ2) is 6.83. The Kier molecular flexibility index (Phi) is 5.09. The smallest absolute Gasteiger partial charge is 0.0991 e. The normalized spacial score (nSPS) is 11.1. The standard InChI is InChI=1S/C19H21NS/c1-19(2,3)18-10-8-17(9-11-18)14-21-13-16-6-4-15(12-20)5-7-16/h4-11H,13-14H2,1-3H3. The molecule has 0 saturated carbocycles. The highest BCUT2D eigenvalue weighted by Gasteiger charge is 2.12. The van der Waals surface area contributed by atoms with Crippen LogP contribution in [0.1, 0.15) is 43.0 Å². The minimum absolute atomic E-state index is 0.216. The molecule has 21 heavy (non-hydrogen) atoms. The van der Waals surface area contributed by atoms with E-state index in [9.17, 15) is 0 Å². The third kappa shape index (κ3) is 4.65. The molecule has 0 N–H and O–H groups in total. The van der Waals surface area contributed by atoms with Gasteiger partial charge in [0.25, 0.3) is 0 Å².